The molecule has 0 bridgehead atoms. The van der Waals surface area contributed by atoms with Crippen molar-refractivity contribution in [1.29, 1.82) is 0 Å². The van der Waals surface area contributed by atoms with Crippen LogP contribution in [-0.4, -0.2) is 57.6 Å². The number of amides is 1. The summed E-state index contributed by atoms with van der Waals surface area (Å²) in [5.74, 6) is -0.612. The number of nitrogens with zero attached hydrogens (tertiary/aromatic N) is 3. The summed E-state index contributed by atoms with van der Waals surface area (Å²) in [7, 11) is 1.49. The number of hydrogen-bond acceptors (Lipinski definition) is 5. The van der Waals surface area contributed by atoms with E-state index in [1.165, 1.54) is 13.2 Å². The molecule has 7 nitrogen and oxygen atoms in total. The number of carbonyl (C=O) groups excluding carboxylic acids is 1. The van der Waals surface area contributed by atoms with Crippen molar-refractivity contribution in [3.05, 3.63) is 36.0 Å². The van der Waals surface area contributed by atoms with E-state index in [1.54, 1.807) is 24.3 Å². The number of halogens is 4. The smallest absolute Gasteiger partial charge is 0.294 e. The third-order valence-electron chi connectivity index (χ3n) is 4.02. The van der Waals surface area contributed by atoms with Crippen molar-refractivity contribution >= 4 is 11.6 Å². The standard InChI is InChI=1S/C16H14F4N4O3/c1-27-9-4-2-8(3-5-9)10-6-11(22-21-10)14(25)24-16(26,15(19)20)7-12(23-24)13(17)18/h2-6,13,15,26H,7H2,1H3,(H,21,22). The maximum atomic E-state index is 13.2. The number of ether oxygens (including phenoxy) is 1. The third-order valence-corrected chi connectivity index (χ3v) is 4.02. The van der Waals surface area contributed by atoms with Gasteiger partial charge in [0.15, 0.2) is 0 Å². The molecule has 1 aliphatic rings. The van der Waals surface area contributed by atoms with Crippen LogP contribution in [0.15, 0.2) is 35.4 Å². The van der Waals surface area contributed by atoms with E-state index < -0.39 is 36.6 Å². The van der Waals surface area contributed by atoms with Gasteiger partial charge in [0.1, 0.15) is 17.2 Å². The Morgan fingerprint density at radius 2 is 1.96 bits per heavy atom. The van der Waals surface area contributed by atoms with Gasteiger partial charge in [0.2, 0.25) is 5.72 Å². The first kappa shape index (κ1) is 18.8. The molecule has 1 unspecified atom stereocenters. The fourth-order valence-corrected chi connectivity index (χ4v) is 2.56. The van der Waals surface area contributed by atoms with E-state index in [0.717, 1.165) is 0 Å². The van der Waals surface area contributed by atoms with Gasteiger partial charge in [-0.2, -0.15) is 15.2 Å². The van der Waals surface area contributed by atoms with Crippen LogP contribution < -0.4 is 4.74 Å². The lowest BCUT2D eigenvalue weighted by atomic mass is 10.1. The zero-order chi connectivity index (χ0) is 19.8. The van der Waals surface area contributed by atoms with Crippen LogP contribution in [0.4, 0.5) is 17.6 Å². The van der Waals surface area contributed by atoms with Gasteiger partial charge in [-0.3, -0.25) is 9.89 Å². The van der Waals surface area contributed by atoms with Crippen molar-refractivity contribution in [3.63, 3.8) is 0 Å². The van der Waals surface area contributed by atoms with Crippen molar-refractivity contribution in [1.82, 2.24) is 15.2 Å². The molecule has 3 rings (SSSR count). The van der Waals surface area contributed by atoms with Crippen LogP contribution in [0.25, 0.3) is 11.3 Å². The molecule has 2 N–H and O–H groups in total. The number of hydrazone groups is 1. The predicted octanol–water partition coefficient (Wildman–Crippen LogP) is 2.51. The summed E-state index contributed by atoms with van der Waals surface area (Å²) in [6, 6.07) is 7.86. The molecule has 0 spiro atoms. The number of methoxy groups -OCH3 is 1. The molecule has 1 aliphatic heterocycles. The Kier molecular flexibility index (Phi) is 4.87. The fourth-order valence-electron chi connectivity index (χ4n) is 2.56. The van der Waals surface area contributed by atoms with Crippen molar-refractivity contribution in [2.75, 3.05) is 7.11 Å². The Bertz CT molecular complexity index is 869. The molecule has 0 aliphatic carbocycles. The van der Waals surface area contributed by atoms with E-state index in [9.17, 15) is 27.5 Å². The molecule has 0 radical (unpaired) electrons. The summed E-state index contributed by atoms with van der Waals surface area (Å²) in [6.45, 7) is 0. The minimum Gasteiger partial charge on any atom is -0.497 e. The maximum Gasteiger partial charge on any atom is 0.294 e. The first-order valence-electron chi connectivity index (χ1n) is 7.66. The second kappa shape index (κ2) is 6.99. The first-order chi connectivity index (χ1) is 12.8. The van der Waals surface area contributed by atoms with Crippen LogP contribution in [0.3, 0.4) is 0 Å². The number of aromatic amines is 1. The van der Waals surface area contributed by atoms with E-state index in [0.29, 0.717) is 17.0 Å². The predicted molar refractivity (Wildman–Crippen MR) is 85.8 cm³/mol. The molecule has 11 heteroatoms. The molecule has 0 saturated carbocycles. The number of H-pyrrole nitrogens is 1. The summed E-state index contributed by atoms with van der Waals surface area (Å²) in [5.41, 5.74) is -3.54. The zero-order valence-electron chi connectivity index (χ0n) is 13.9. The van der Waals surface area contributed by atoms with Crippen LogP contribution in [0.1, 0.15) is 16.9 Å². The Balaban J connectivity index is 1.89. The number of hydrogen-bond donors (Lipinski definition) is 2. The van der Waals surface area contributed by atoms with Crippen LogP contribution in [0, 0.1) is 0 Å². The topological polar surface area (TPSA) is 90.8 Å². The zero-order valence-corrected chi connectivity index (χ0v) is 13.9. The van der Waals surface area contributed by atoms with E-state index in [1.807, 2.05) is 0 Å². The fraction of sp³-hybridized carbons (Fsp3) is 0.312. The van der Waals surface area contributed by atoms with Crippen molar-refractivity contribution < 1.29 is 32.2 Å². The average molecular weight is 386 g/mol. The van der Waals surface area contributed by atoms with Gasteiger partial charge in [0.25, 0.3) is 18.8 Å². The molecule has 1 atom stereocenters. The summed E-state index contributed by atoms with van der Waals surface area (Å²) in [5, 5.41) is 19.4. The monoisotopic (exact) mass is 386 g/mol. The van der Waals surface area contributed by atoms with Crippen molar-refractivity contribution in [3.8, 4) is 17.0 Å². The van der Waals surface area contributed by atoms with E-state index in [-0.39, 0.29) is 10.7 Å². The minimum absolute atomic E-state index is 0.0233. The Labute approximate surface area is 150 Å². The molecular formula is C16H14F4N4O3. The lowest BCUT2D eigenvalue weighted by molar-refractivity contribution is -0.164. The lowest BCUT2D eigenvalue weighted by Crippen LogP contribution is -2.51. The largest absolute Gasteiger partial charge is 0.497 e. The average Bonchev–Trinajstić information content (AvgIpc) is 3.27. The highest BCUT2D eigenvalue weighted by atomic mass is 19.3. The highest BCUT2D eigenvalue weighted by Crippen LogP contribution is 2.34. The molecule has 1 aromatic heterocycles. The first-order valence-corrected chi connectivity index (χ1v) is 7.66. The van der Waals surface area contributed by atoms with Crippen LogP contribution >= 0.6 is 0 Å². The number of benzene rings is 1. The molecular weight excluding hydrogens is 372 g/mol. The van der Waals surface area contributed by atoms with Gasteiger partial charge in [-0.05, 0) is 30.3 Å². The molecule has 1 aromatic carbocycles. The van der Waals surface area contributed by atoms with E-state index in [4.69, 9.17) is 4.74 Å². The van der Waals surface area contributed by atoms with Gasteiger partial charge in [-0.1, -0.05) is 0 Å². The van der Waals surface area contributed by atoms with Gasteiger partial charge in [0, 0.05) is 12.0 Å². The molecule has 27 heavy (non-hydrogen) atoms. The summed E-state index contributed by atoms with van der Waals surface area (Å²) in [4.78, 5) is 12.5. The van der Waals surface area contributed by atoms with Gasteiger partial charge in [-0.25, -0.2) is 17.6 Å². The number of carbonyl (C=O) groups is 1. The van der Waals surface area contributed by atoms with E-state index in [2.05, 4.69) is 15.3 Å². The minimum atomic E-state index is -3.49. The molecule has 2 heterocycles. The molecule has 0 fully saturated rings. The third kappa shape index (κ3) is 3.37. The molecule has 0 saturated heterocycles. The second-order valence-electron chi connectivity index (χ2n) is 5.76. The van der Waals surface area contributed by atoms with Crippen molar-refractivity contribution in [2.45, 2.75) is 25.0 Å². The second-order valence-corrected chi connectivity index (χ2v) is 5.76. The van der Waals surface area contributed by atoms with Crippen LogP contribution in [-0.2, 0) is 0 Å². The van der Waals surface area contributed by atoms with Crippen LogP contribution in [0.2, 0.25) is 0 Å². The summed E-state index contributed by atoms with van der Waals surface area (Å²) < 4.78 is 57.1. The van der Waals surface area contributed by atoms with Gasteiger partial charge in [-0.15, -0.1) is 0 Å². The Hall–Kier alpha value is -2.95. The normalized spacial score (nSPS) is 19.7. The Morgan fingerprint density at radius 3 is 2.52 bits per heavy atom. The Morgan fingerprint density at radius 1 is 1.30 bits per heavy atom. The highest BCUT2D eigenvalue weighted by molar-refractivity contribution is 5.98. The molecule has 144 valence electrons. The quantitative estimate of drug-likeness (QED) is 0.773. The van der Waals surface area contributed by atoms with Gasteiger partial charge < -0.3 is 9.84 Å². The van der Waals surface area contributed by atoms with Gasteiger partial charge >= 0.3 is 0 Å². The molecule has 1 amide bonds. The summed E-state index contributed by atoms with van der Waals surface area (Å²) in [6.07, 6.45) is -7.82. The number of nitrogens with one attached hydrogen (secondary N) is 1. The SMILES string of the molecule is COc1ccc(-c2cc(C(=O)N3N=C(C(F)F)CC3(O)C(F)F)[nH]n2)cc1. The number of aromatic nitrogens is 2. The van der Waals surface area contributed by atoms with E-state index >= 15 is 0 Å². The number of alkyl halides is 4. The summed E-state index contributed by atoms with van der Waals surface area (Å²) >= 11 is 0. The van der Waals surface area contributed by atoms with Crippen molar-refractivity contribution in [2.24, 2.45) is 5.10 Å². The number of rotatable bonds is 5. The maximum absolute atomic E-state index is 13.2. The lowest BCUT2D eigenvalue weighted by Gasteiger charge is -2.29. The number of aliphatic hydroxyl groups is 1. The highest BCUT2D eigenvalue weighted by Gasteiger charge is 2.53. The van der Waals surface area contributed by atoms with Gasteiger partial charge in [0.05, 0.1) is 12.8 Å². The van der Waals surface area contributed by atoms with Crippen LogP contribution in [0.5, 0.6) is 5.75 Å². The molecule has 2 aromatic rings.